The van der Waals surface area contributed by atoms with E-state index in [1.165, 1.54) is 0 Å². The number of carbonyl (C=O) groups excluding carboxylic acids is 2. The third-order valence-corrected chi connectivity index (χ3v) is 4.25. The molecule has 1 saturated heterocycles. The lowest BCUT2D eigenvalue weighted by Gasteiger charge is -2.17. The fraction of sp³-hybridized carbons (Fsp3) is 0.300. The van der Waals surface area contributed by atoms with Gasteiger partial charge in [-0.15, -0.1) is 0 Å². The van der Waals surface area contributed by atoms with Crippen LogP contribution < -0.4 is 19.7 Å². The first-order chi connectivity index (χ1) is 12.5. The number of hydrogen-bond acceptors (Lipinski definition) is 4. The summed E-state index contributed by atoms with van der Waals surface area (Å²) in [6.45, 7) is 2.36. The summed E-state index contributed by atoms with van der Waals surface area (Å²) in [6, 6.07) is 14.6. The lowest BCUT2D eigenvalue weighted by Crippen LogP contribution is -2.39. The summed E-state index contributed by atoms with van der Waals surface area (Å²) in [4.78, 5) is 26.1. The van der Waals surface area contributed by atoms with E-state index in [0.717, 1.165) is 11.3 Å². The van der Waals surface area contributed by atoms with Crippen LogP contribution in [0.2, 0.25) is 0 Å². The van der Waals surface area contributed by atoms with Crippen LogP contribution in [0.15, 0.2) is 48.5 Å². The molecular formula is C20H22N2O4. The van der Waals surface area contributed by atoms with E-state index < -0.39 is 0 Å². The molecule has 0 bridgehead atoms. The van der Waals surface area contributed by atoms with Gasteiger partial charge in [0.1, 0.15) is 11.5 Å². The number of ether oxygens (including phenoxy) is 2. The fourth-order valence-corrected chi connectivity index (χ4v) is 2.89. The van der Waals surface area contributed by atoms with Crippen LogP contribution in [0.4, 0.5) is 5.69 Å². The molecular weight excluding hydrogens is 332 g/mol. The number of aryl methyl sites for hydroxylation is 1. The third-order valence-electron chi connectivity index (χ3n) is 4.25. The van der Waals surface area contributed by atoms with E-state index in [4.69, 9.17) is 9.47 Å². The molecule has 6 heteroatoms. The molecule has 0 saturated carbocycles. The minimum absolute atomic E-state index is 0.00728. The molecule has 0 spiro atoms. The zero-order chi connectivity index (χ0) is 18.5. The van der Waals surface area contributed by atoms with Gasteiger partial charge < -0.3 is 19.7 Å². The fourth-order valence-electron chi connectivity index (χ4n) is 2.89. The van der Waals surface area contributed by atoms with Crippen molar-refractivity contribution in [2.75, 3.05) is 25.2 Å². The highest BCUT2D eigenvalue weighted by Crippen LogP contribution is 2.22. The van der Waals surface area contributed by atoms with Crippen molar-refractivity contribution < 1.29 is 19.1 Å². The van der Waals surface area contributed by atoms with E-state index >= 15 is 0 Å². The zero-order valence-corrected chi connectivity index (χ0v) is 14.9. The Labute approximate surface area is 152 Å². The minimum atomic E-state index is -0.253. The Morgan fingerprint density at radius 1 is 1.19 bits per heavy atom. The number of benzene rings is 2. The summed E-state index contributed by atoms with van der Waals surface area (Å²) in [5.74, 6) is 0.977. The monoisotopic (exact) mass is 354 g/mol. The predicted octanol–water partition coefficient (Wildman–Crippen LogP) is 2.30. The maximum atomic E-state index is 12.2. The molecule has 6 nitrogen and oxygen atoms in total. The highest BCUT2D eigenvalue weighted by molar-refractivity contribution is 5.96. The normalized spacial score (nSPS) is 16.5. The van der Waals surface area contributed by atoms with E-state index in [1.54, 1.807) is 36.3 Å². The second-order valence-corrected chi connectivity index (χ2v) is 6.28. The quantitative estimate of drug-likeness (QED) is 0.864. The molecule has 1 atom stereocenters. The van der Waals surface area contributed by atoms with E-state index in [-0.39, 0.29) is 24.5 Å². The van der Waals surface area contributed by atoms with Crippen molar-refractivity contribution in [3.63, 3.8) is 0 Å². The number of anilines is 1. The lowest BCUT2D eigenvalue weighted by atomic mass is 10.2. The first kappa shape index (κ1) is 17.8. The largest absolute Gasteiger partial charge is 0.497 e. The molecule has 0 unspecified atom stereocenters. The summed E-state index contributed by atoms with van der Waals surface area (Å²) in [7, 11) is 1.57. The molecule has 1 N–H and O–H groups in total. The molecule has 136 valence electrons. The molecule has 1 aliphatic rings. The first-order valence-corrected chi connectivity index (χ1v) is 8.48. The van der Waals surface area contributed by atoms with Gasteiger partial charge in [-0.05, 0) is 31.2 Å². The highest BCUT2D eigenvalue weighted by Gasteiger charge is 2.31. The summed E-state index contributed by atoms with van der Waals surface area (Å²) in [5.41, 5.74) is 1.99. The van der Waals surface area contributed by atoms with Gasteiger partial charge in [0.05, 0.1) is 13.2 Å². The molecule has 0 aliphatic carbocycles. The Kier molecular flexibility index (Phi) is 5.41. The van der Waals surface area contributed by atoms with Crippen LogP contribution in [0.25, 0.3) is 0 Å². The smallest absolute Gasteiger partial charge is 0.258 e. The van der Waals surface area contributed by atoms with Crippen LogP contribution in [0, 0.1) is 6.92 Å². The number of nitrogens with one attached hydrogen (secondary N) is 1. The predicted molar refractivity (Wildman–Crippen MR) is 98.6 cm³/mol. The van der Waals surface area contributed by atoms with Crippen molar-refractivity contribution in [1.29, 1.82) is 0 Å². The van der Waals surface area contributed by atoms with Crippen molar-refractivity contribution in [3.05, 3.63) is 54.1 Å². The Morgan fingerprint density at radius 3 is 2.65 bits per heavy atom. The maximum Gasteiger partial charge on any atom is 0.258 e. The zero-order valence-electron chi connectivity index (χ0n) is 14.9. The second-order valence-electron chi connectivity index (χ2n) is 6.28. The Morgan fingerprint density at radius 2 is 1.92 bits per heavy atom. The SMILES string of the molecule is COc1cccc(OCC(=O)N[C@@H]2CC(=O)N(c3ccc(C)cc3)C2)c1. The topological polar surface area (TPSA) is 67.9 Å². The molecule has 2 aromatic rings. The van der Waals surface area contributed by atoms with Crippen molar-refractivity contribution in [2.24, 2.45) is 0 Å². The summed E-state index contributed by atoms with van der Waals surface area (Å²) in [6.07, 6.45) is 0.290. The van der Waals surface area contributed by atoms with E-state index in [0.29, 0.717) is 24.5 Å². The Bertz CT molecular complexity index is 789. The van der Waals surface area contributed by atoms with E-state index in [2.05, 4.69) is 5.32 Å². The van der Waals surface area contributed by atoms with Gasteiger partial charge in [-0.1, -0.05) is 23.8 Å². The molecule has 1 fully saturated rings. The average Bonchev–Trinajstić information content (AvgIpc) is 3.01. The van der Waals surface area contributed by atoms with Crippen molar-refractivity contribution in [3.8, 4) is 11.5 Å². The van der Waals surface area contributed by atoms with Gasteiger partial charge in [0.25, 0.3) is 5.91 Å². The maximum absolute atomic E-state index is 12.2. The number of carbonyl (C=O) groups is 2. The minimum Gasteiger partial charge on any atom is -0.497 e. The summed E-state index contributed by atoms with van der Waals surface area (Å²) < 4.78 is 10.6. The first-order valence-electron chi connectivity index (χ1n) is 8.48. The van der Waals surface area contributed by atoms with Crippen LogP contribution in [0.1, 0.15) is 12.0 Å². The molecule has 26 heavy (non-hydrogen) atoms. The third kappa shape index (κ3) is 4.33. The second kappa shape index (κ2) is 7.91. The van der Waals surface area contributed by atoms with Crippen LogP contribution in [0.5, 0.6) is 11.5 Å². The van der Waals surface area contributed by atoms with E-state index in [9.17, 15) is 9.59 Å². The van der Waals surface area contributed by atoms with Gasteiger partial charge in [-0.25, -0.2) is 0 Å². The molecule has 0 radical (unpaired) electrons. The number of amides is 2. The van der Waals surface area contributed by atoms with Gasteiger partial charge in [-0.3, -0.25) is 9.59 Å². The van der Waals surface area contributed by atoms with Crippen LogP contribution in [-0.2, 0) is 9.59 Å². The molecule has 1 heterocycles. The molecule has 2 aromatic carbocycles. The number of methoxy groups -OCH3 is 1. The van der Waals surface area contributed by atoms with Gasteiger partial charge in [0.15, 0.2) is 6.61 Å². The summed E-state index contributed by atoms with van der Waals surface area (Å²) >= 11 is 0. The Balaban J connectivity index is 1.51. The van der Waals surface area contributed by atoms with Gasteiger partial charge in [-0.2, -0.15) is 0 Å². The standard InChI is InChI=1S/C20H22N2O4/c1-14-6-8-16(9-7-14)22-12-15(10-20(22)24)21-19(23)13-26-18-5-3-4-17(11-18)25-2/h3-9,11,15H,10,12-13H2,1-2H3,(H,21,23)/t15-/m1/s1. The van der Waals surface area contributed by atoms with Crippen molar-refractivity contribution >= 4 is 17.5 Å². The van der Waals surface area contributed by atoms with Crippen LogP contribution >= 0.6 is 0 Å². The number of nitrogens with zero attached hydrogens (tertiary/aromatic N) is 1. The molecule has 2 amide bonds. The average molecular weight is 354 g/mol. The molecule has 1 aliphatic heterocycles. The lowest BCUT2D eigenvalue weighted by molar-refractivity contribution is -0.123. The number of rotatable bonds is 6. The molecule has 3 rings (SSSR count). The van der Waals surface area contributed by atoms with Gasteiger partial charge in [0.2, 0.25) is 5.91 Å². The molecule has 0 aromatic heterocycles. The van der Waals surface area contributed by atoms with Crippen molar-refractivity contribution in [1.82, 2.24) is 5.32 Å². The van der Waals surface area contributed by atoms with E-state index in [1.807, 2.05) is 31.2 Å². The highest BCUT2D eigenvalue weighted by atomic mass is 16.5. The van der Waals surface area contributed by atoms with Crippen molar-refractivity contribution in [2.45, 2.75) is 19.4 Å². The van der Waals surface area contributed by atoms with Crippen LogP contribution in [0.3, 0.4) is 0 Å². The van der Waals surface area contributed by atoms with Gasteiger partial charge in [0, 0.05) is 24.7 Å². The van der Waals surface area contributed by atoms with Crippen LogP contribution in [-0.4, -0.2) is 38.1 Å². The van der Waals surface area contributed by atoms with Gasteiger partial charge >= 0.3 is 0 Å². The number of hydrogen-bond donors (Lipinski definition) is 1. The summed E-state index contributed by atoms with van der Waals surface area (Å²) in [5, 5.41) is 2.86. The Hall–Kier alpha value is -3.02.